The van der Waals surface area contributed by atoms with E-state index in [-0.39, 0.29) is 11.6 Å². The molecule has 1 heterocycles. The average molecular weight is 267 g/mol. The molecular formula is C13H21N3O3. The molecule has 0 spiro atoms. The second-order valence-corrected chi connectivity index (χ2v) is 4.89. The van der Waals surface area contributed by atoms with Gasteiger partial charge in [-0.15, -0.1) is 0 Å². The Morgan fingerprint density at radius 2 is 2.11 bits per heavy atom. The highest BCUT2D eigenvalue weighted by Gasteiger charge is 2.22. The number of nitrogens with one attached hydrogen (secondary N) is 1. The Morgan fingerprint density at radius 1 is 1.47 bits per heavy atom. The molecule has 0 aliphatic heterocycles. The molecule has 0 bridgehead atoms. The molecule has 2 N–H and O–H groups in total. The molecule has 1 amide bonds. The predicted octanol–water partition coefficient (Wildman–Crippen LogP) is 1.53. The van der Waals surface area contributed by atoms with Crippen LogP contribution in [0.4, 0.5) is 0 Å². The van der Waals surface area contributed by atoms with Gasteiger partial charge in [-0.3, -0.25) is 9.48 Å². The van der Waals surface area contributed by atoms with Crippen molar-refractivity contribution < 1.29 is 14.7 Å². The van der Waals surface area contributed by atoms with Gasteiger partial charge in [0, 0.05) is 12.7 Å². The molecule has 1 atom stereocenters. The number of nitrogens with zero attached hydrogens (tertiary/aromatic N) is 2. The highest BCUT2D eigenvalue weighted by molar-refractivity contribution is 5.95. The number of carboxylic acids is 1. The van der Waals surface area contributed by atoms with Crippen LogP contribution in [0.1, 0.15) is 55.7 Å². The van der Waals surface area contributed by atoms with Crippen LogP contribution in [0.3, 0.4) is 0 Å². The summed E-state index contributed by atoms with van der Waals surface area (Å²) in [4.78, 5) is 23.0. The molecule has 106 valence electrons. The summed E-state index contributed by atoms with van der Waals surface area (Å²) in [5.41, 5.74) is 1.20. The van der Waals surface area contributed by atoms with Crippen molar-refractivity contribution in [2.24, 2.45) is 7.05 Å². The van der Waals surface area contributed by atoms with Crippen LogP contribution in [-0.2, 0) is 11.8 Å². The van der Waals surface area contributed by atoms with Crippen molar-refractivity contribution in [2.75, 3.05) is 0 Å². The van der Waals surface area contributed by atoms with Crippen LogP contribution in [0.5, 0.6) is 0 Å². The SMILES string of the molecule is CCCC(NC(=O)c1cc(C(C)C)n(C)n1)C(=O)O. The average Bonchev–Trinajstić information content (AvgIpc) is 2.70. The number of aromatic nitrogens is 2. The quantitative estimate of drug-likeness (QED) is 0.818. The lowest BCUT2D eigenvalue weighted by Crippen LogP contribution is -2.40. The van der Waals surface area contributed by atoms with E-state index in [1.165, 1.54) is 0 Å². The number of carboxylic acid groups (broad SMARTS) is 1. The Kier molecular flexibility index (Phi) is 5.09. The highest BCUT2D eigenvalue weighted by atomic mass is 16.4. The van der Waals surface area contributed by atoms with Crippen LogP contribution < -0.4 is 5.32 Å². The van der Waals surface area contributed by atoms with Gasteiger partial charge in [0.1, 0.15) is 11.7 Å². The van der Waals surface area contributed by atoms with E-state index in [4.69, 9.17) is 5.11 Å². The number of aliphatic carboxylic acids is 1. The summed E-state index contributed by atoms with van der Waals surface area (Å²) in [6.07, 6.45) is 1.10. The monoisotopic (exact) mass is 267 g/mol. The largest absolute Gasteiger partial charge is 0.480 e. The number of carbonyl (C=O) groups is 2. The normalized spacial score (nSPS) is 12.5. The predicted molar refractivity (Wildman–Crippen MR) is 71.1 cm³/mol. The summed E-state index contributed by atoms with van der Waals surface area (Å²) in [6.45, 7) is 5.89. The van der Waals surface area contributed by atoms with Gasteiger partial charge in [0.2, 0.25) is 0 Å². The van der Waals surface area contributed by atoms with Crippen LogP contribution in [0.2, 0.25) is 0 Å². The van der Waals surface area contributed by atoms with Gasteiger partial charge in [0.15, 0.2) is 0 Å². The minimum absolute atomic E-state index is 0.255. The van der Waals surface area contributed by atoms with Crippen LogP contribution in [0, 0.1) is 0 Å². The fourth-order valence-corrected chi connectivity index (χ4v) is 1.91. The van der Waals surface area contributed by atoms with E-state index in [9.17, 15) is 9.59 Å². The molecule has 0 radical (unpaired) electrons. The topological polar surface area (TPSA) is 84.2 Å². The van der Waals surface area contributed by atoms with Gasteiger partial charge in [0.25, 0.3) is 5.91 Å². The van der Waals surface area contributed by atoms with Crippen LogP contribution in [0.25, 0.3) is 0 Å². The van der Waals surface area contributed by atoms with Gasteiger partial charge in [-0.05, 0) is 18.4 Å². The Balaban J connectivity index is 2.82. The van der Waals surface area contributed by atoms with Crippen molar-refractivity contribution in [3.05, 3.63) is 17.5 Å². The first-order valence-corrected chi connectivity index (χ1v) is 6.44. The summed E-state index contributed by atoms with van der Waals surface area (Å²) >= 11 is 0. The molecule has 0 aliphatic carbocycles. The summed E-state index contributed by atoms with van der Waals surface area (Å²) < 4.78 is 1.65. The molecule has 1 aromatic heterocycles. The minimum atomic E-state index is -1.02. The fraction of sp³-hybridized carbons (Fsp3) is 0.615. The van der Waals surface area contributed by atoms with E-state index in [0.717, 1.165) is 5.69 Å². The van der Waals surface area contributed by atoms with Crippen LogP contribution in [-0.4, -0.2) is 32.8 Å². The first-order valence-electron chi connectivity index (χ1n) is 6.44. The summed E-state index contributed by atoms with van der Waals surface area (Å²) in [6, 6.07) is 0.840. The lowest BCUT2D eigenvalue weighted by atomic mass is 10.1. The second-order valence-electron chi connectivity index (χ2n) is 4.89. The van der Waals surface area contributed by atoms with Crippen LogP contribution >= 0.6 is 0 Å². The van der Waals surface area contributed by atoms with Crippen LogP contribution in [0.15, 0.2) is 6.07 Å². The molecule has 1 aromatic rings. The van der Waals surface area contributed by atoms with Gasteiger partial charge in [-0.1, -0.05) is 27.2 Å². The third kappa shape index (κ3) is 3.81. The lowest BCUT2D eigenvalue weighted by Gasteiger charge is -2.12. The van der Waals surface area contributed by atoms with Crippen molar-refractivity contribution >= 4 is 11.9 Å². The van der Waals surface area contributed by atoms with Gasteiger partial charge in [-0.25, -0.2) is 4.79 Å². The zero-order valence-corrected chi connectivity index (χ0v) is 11.8. The summed E-state index contributed by atoms with van der Waals surface area (Å²) in [5, 5.41) is 15.6. The number of hydrogen-bond acceptors (Lipinski definition) is 3. The number of rotatable bonds is 6. The zero-order valence-electron chi connectivity index (χ0n) is 11.8. The maximum Gasteiger partial charge on any atom is 0.326 e. The molecule has 0 aliphatic rings. The number of aryl methyl sites for hydroxylation is 1. The van der Waals surface area contributed by atoms with E-state index in [1.807, 2.05) is 20.8 Å². The van der Waals surface area contributed by atoms with Crippen molar-refractivity contribution in [3.8, 4) is 0 Å². The third-order valence-electron chi connectivity index (χ3n) is 2.92. The number of carbonyl (C=O) groups excluding carboxylic acids is 1. The molecule has 1 rings (SSSR count). The van der Waals surface area contributed by atoms with Gasteiger partial charge >= 0.3 is 5.97 Å². The van der Waals surface area contributed by atoms with E-state index in [1.54, 1.807) is 17.8 Å². The zero-order chi connectivity index (χ0) is 14.6. The van der Waals surface area contributed by atoms with Crippen molar-refractivity contribution in [1.29, 1.82) is 0 Å². The Morgan fingerprint density at radius 3 is 2.53 bits per heavy atom. The van der Waals surface area contributed by atoms with E-state index in [2.05, 4.69) is 10.4 Å². The molecule has 6 heteroatoms. The smallest absolute Gasteiger partial charge is 0.326 e. The lowest BCUT2D eigenvalue weighted by molar-refractivity contribution is -0.139. The molecule has 6 nitrogen and oxygen atoms in total. The second kappa shape index (κ2) is 6.36. The summed E-state index contributed by atoms with van der Waals surface area (Å²) in [7, 11) is 1.77. The number of amides is 1. The maximum absolute atomic E-state index is 12.0. The molecule has 0 fully saturated rings. The Bertz CT molecular complexity index is 466. The summed E-state index contributed by atoms with van der Waals surface area (Å²) in [5.74, 6) is -1.21. The molecule has 0 aromatic carbocycles. The molecule has 0 saturated carbocycles. The van der Waals surface area contributed by atoms with Gasteiger partial charge in [-0.2, -0.15) is 5.10 Å². The van der Waals surface area contributed by atoms with Crippen molar-refractivity contribution in [2.45, 2.75) is 45.6 Å². The molecular weight excluding hydrogens is 246 g/mol. The number of hydrogen-bond donors (Lipinski definition) is 2. The van der Waals surface area contributed by atoms with Crippen molar-refractivity contribution in [3.63, 3.8) is 0 Å². The van der Waals surface area contributed by atoms with E-state index < -0.39 is 17.9 Å². The van der Waals surface area contributed by atoms with E-state index >= 15 is 0 Å². The maximum atomic E-state index is 12.0. The van der Waals surface area contributed by atoms with E-state index in [0.29, 0.717) is 12.8 Å². The highest BCUT2D eigenvalue weighted by Crippen LogP contribution is 2.14. The van der Waals surface area contributed by atoms with Gasteiger partial charge in [0.05, 0.1) is 0 Å². The standard InChI is InChI=1S/C13H21N3O3/c1-5-6-9(13(18)19)14-12(17)10-7-11(8(2)3)16(4)15-10/h7-9H,5-6H2,1-4H3,(H,14,17)(H,18,19). The molecule has 19 heavy (non-hydrogen) atoms. The molecule has 1 unspecified atom stereocenters. The third-order valence-corrected chi connectivity index (χ3v) is 2.92. The fourth-order valence-electron chi connectivity index (χ4n) is 1.91. The first-order chi connectivity index (χ1) is 8.86. The Labute approximate surface area is 112 Å². The first kappa shape index (κ1) is 15.2. The van der Waals surface area contributed by atoms with Gasteiger partial charge < -0.3 is 10.4 Å². The minimum Gasteiger partial charge on any atom is -0.480 e. The molecule has 0 saturated heterocycles. The Hall–Kier alpha value is -1.85. The van der Waals surface area contributed by atoms with Crippen molar-refractivity contribution in [1.82, 2.24) is 15.1 Å².